The van der Waals surface area contributed by atoms with Crippen LogP contribution in [0, 0.1) is 18.6 Å². The van der Waals surface area contributed by atoms with Gasteiger partial charge in [0.1, 0.15) is 34.3 Å². The second-order valence-corrected chi connectivity index (χ2v) is 11.7. The van der Waals surface area contributed by atoms with Crippen LogP contribution in [-0.2, 0) is 6.18 Å². The molecule has 0 spiro atoms. The van der Waals surface area contributed by atoms with Crippen LogP contribution in [0.15, 0.2) is 6.07 Å². The normalized spacial score (nSPS) is 23.0. The Morgan fingerprint density at radius 2 is 1.79 bits per heavy atom. The highest BCUT2D eigenvalue weighted by atomic mass is 19.4. The number of alkyl halides is 3. The minimum absolute atomic E-state index is 0.0752. The molecule has 0 bridgehead atoms. The molecular weight excluding hydrogens is 559 g/mol. The molecule has 0 amide bonds. The predicted octanol–water partition coefficient (Wildman–Crippen LogP) is 3.92. The Balaban J connectivity index is 1.64. The number of pyridine rings is 1. The average molecular weight is 593 g/mol. The van der Waals surface area contributed by atoms with Gasteiger partial charge in [0.15, 0.2) is 5.82 Å². The van der Waals surface area contributed by atoms with Crippen molar-refractivity contribution in [3.63, 3.8) is 0 Å². The molecule has 2 aromatic heterocycles. The maximum atomic E-state index is 16.6. The first-order chi connectivity index (χ1) is 19.8. The Hall–Kier alpha value is -3.52. The molecule has 0 saturated carbocycles. The van der Waals surface area contributed by atoms with E-state index in [9.17, 15) is 17.6 Å². The molecule has 5 heterocycles. The number of piperazine rings is 1. The molecule has 9 nitrogen and oxygen atoms in total. The fraction of sp³-hybridized carbons (Fsp3) is 0.536. The molecule has 3 aliphatic heterocycles. The molecule has 2 N–H and O–H groups in total. The Morgan fingerprint density at radius 1 is 1.05 bits per heavy atom. The summed E-state index contributed by atoms with van der Waals surface area (Å²) >= 11 is 0. The Morgan fingerprint density at radius 3 is 2.45 bits per heavy atom. The SMILES string of the molecule is Cc1c(F)c(N)cc(-c2nc3c4c(nc(N5CC[C@@H](N(C)C)C5)nc4c2F)N2CCN(C)C[C@H]2[C@H](C)O3)c1C(F)(F)F. The van der Waals surface area contributed by atoms with Crippen LogP contribution >= 0.6 is 0 Å². The van der Waals surface area contributed by atoms with Crippen LogP contribution in [0.25, 0.3) is 22.2 Å². The molecule has 42 heavy (non-hydrogen) atoms. The van der Waals surface area contributed by atoms with Gasteiger partial charge >= 0.3 is 6.18 Å². The van der Waals surface area contributed by atoms with Gasteiger partial charge in [-0.25, -0.2) is 18.7 Å². The summed E-state index contributed by atoms with van der Waals surface area (Å²) in [5.41, 5.74) is 1.57. The molecule has 14 heteroatoms. The first-order valence-electron chi connectivity index (χ1n) is 13.9. The van der Waals surface area contributed by atoms with Gasteiger partial charge in [0.25, 0.3) is 0 Å². The number of likely N-dealkylation sites (N-methyl/N-ethyl adjacent to an activating group) is 2. The number of aromatic nitrogens is 3. The summed E-state index contributed by atoms with van der Waals surface area (Å²) in [6, 6.07) is 0.826. The Bertz CT molecular complexity index is 1560. The number of hydrogen-bond donors (Lipinski definition) is 1. The predicted molar refractivity (Wildman–Crippen MR) is 150 cm³/mol. The van der Waals surface area contributed by atoms with E-state index in [1.807, 2.05) is 33.0 Å². The molecule has 0 aliphatic carbocycles. The smallest absolute Gasteiger partial charge is 0.417 e. The molecule has 0 radical (unpaired) electrons. The topological polar surface area (TPSA) is 86.9 Å². The molecular formula is C28H33F5N8O. The lowest BCUT2D eigenvalue weighted by Crippen LogP contribution is -2.57. The van der Waals surface area contributed by atoms with Crippen molar-refractivity contribution in [2.24, 2.45) is 0 Å². The summed E-state index contributed by atoms with van der Waals surface area (Å²) in [5, 5.41) is 0.197. The zero-order valence-corrected chi connectivity index (χ0v) is 24.1. The van der Waals surface area contributed by atoms with Crippen molar-refractivity contribution in [2.75, 3.05) is 69.4 Å². The molecule has 3 aliphatic rings. The highest BCUT2D eigenvalue weighted by Gasteiger charge is 2.42. The number of halogens is 5. The summed E-state index contributed by atoms with van der Waals surface area (Å²) in [4.78, 5) is 22.1. The van der Waals surface area contributed by atoms with E-state index in [1.54, 1.807) is 0 Å². The first kappa shape index (κ1) is 28.6. The average Bonchev–Trinajstić information content (AvgIpc) is 3.39. The standard InChI is InChI=1S/C28H33F5N8O/c1-13-20(28(31,32)33)16(10-17(34)21(13)29)23-22(30)24-19-25(37-27(36-24)40-7-6-15(11-40)38(3)4)41-9-8-39(5)12-18(41)14(2)42-26(19)35-23/h10,14-15,18H,6-9,11-12,34H2,1-5H3/t14-,15+,18-/m0/s1. The molecule has 2 saturated heterocycles. The number of fused-ring (bicyclic) bond motifs is 2. The van der Waals surface area contributed by atoms with E-state index >= 15 is 4.39 Å². The molecule has 3 atom stereocenters. The van der Waals surface area contributed by atoms with Crippen molar-refractivity contribution in [1.29, 1.82) is 0 Å². The van der Waals surface area contributed by atoms with Crippen molar-refractivity contribution < 1.29 is 26.7 Å². The summed E-state index contributed by atoms with van der Waals surface area (Å²) in [6.07, 6.45) is -4.63. The molecule has 0 unspecified atom stereocenters. The summed E-state index contributed by atoms with van der Waals surface area (Å²) in [6.45, 7) is 5.98. The van der Waals surface area contributed by atoms with Crippen molar-refractivity contribution in [3.05, 3.63) is 28.8 Å². The summed E-state index contributed by atoms with van der Waals surface area (Å²) in [5.74, 6) is -1.66. The van der Waals surface area contributed by atoms with E-state index in [0.717, 1.165) is 26.0 Å². The molecule has 2 fully saturated rings. The Kier molecular flexibility index (Phi) is 6.84. The van der Waals surface area contributed by atoms with Crippen molar-refractivity contribution in [2.45, 2.75) is 44.6 Å². The van der Waals surface area contributed by atoms with Crippen LogP contribution in [-0.4, -0.2) is 96.8 Å². The van der Waals surface area contributed by atoms with Crippen molar-refractivity contribution >= 4 is 28.4 Å². The largest absolute Gasteiger partial charge is 0.472 e. The lowest BCUT2D eigenvalue weighted by molar-refractivity contribution is -0.137. The van der Waals surface area contributed by atoms with E-state index in [2.05, 4.69) is 24.7 Å². The fourth-order valence-corrected chi connectivity index (χ4v) is 6.31. The minimum Gasteiger partial charge on any atom is -0.472 e. The number of anilines is 3. The van der Waals surface area contributed by atoms with Gasteiger partial charge in [-0.2, -0.15) is 18.2 Å². The van der Waals surface area contributed by atoms with Gasteiger partial charge < -0.3 is 30.1 Å². The zero-order chi connectivity index (χ0) is 30.2. The van der Waals surface area contributed by atoms with Crippen LogP contribution in [0.3, 0.4) is 0 Å². The third-order valence-corrected chi connectivity index (χ3v) is 8.70. The van der Waals surface area contributed by atoms with Gasteiger partial charge in [-0.3, -0.25) is 0 Å². The zero-order valence-electron chi connectivity index (χ0n) is 24.1. The second-order valence-electron chi connectivity index (χ2n) is 11.7. The van der Waals surface area contributed by atoms with Gasteiger partial charge in [-0.15, -0.1) is 0 Å². The highest BCUT2D eigenvalue weighted by molar-refractivity contribution is 5.98. The number of benzene rings is 1. The van der Waals surface area contributed by atoms with Crippen LogP contribution in [0.2, 0.25) is 0 Å². The number of nitrogens with zero attached hydrogens (tertiary/aromatic N) is 7. The number of nitrogen functional groups attached to an aromatic ring is 1. The van der Waals surface area contributed by atoms with Crippen molar-refractivity contribution in [1.82, 2.24) is 24.8 Å². The lowest BCUT2D eigenvalue weighted by atomic mass is 9.96. The lowest BCUT2D eigenvalue weighted by Gasteiger charge is -2.41. The van der Waals surface area contributed by atoms with Crippen LogP contribution in [0.4, 0.5) is 39.4 Å². The van der Waals surface area contributed by atoms with E-state index < -0.39 is 52.0 Å². The molecule has 226 valence electrons. The first-order valence-corrected chi connectivity index (χ1v) is 13.9. The van der Waals surface area contributed by atoms with E-state index in [1.165, 1.54) is 0 Å². The van der Waals surface area contributed by atoms with Crippen LogP contribution in [0.5, 0.6) is 5.88 Å². The number of rotatable bonds is 3. The van der Waals surface area contributed by atoms with Gasteiger partial charge in [0.05, 0.1) is 17.3 Å². The summed E-state index contributed by atoms with van der Waals surface area (Å²) in [7, 11) is 5.95. The highest BCUT2D eigenvalue weighted by Crippen LogP contribution is 2.46. The monoisotopic (exact) mass is 592 g/mol. The number of ether oxygens (including phenoxy) is 1. The second kappa shape index (κ2) is 10.0. The quantitative estimate of drug-likeness (QED) is 0.359. The minimum atomic E-state index is -5.01. The molecule has 1 aromatic carbocycles. The van der Waals surface area contributed by atoms with E-state index in [0.29, 0.717) is 32.0 Å². The fourth-order valence-electron chi connectivity index (χ4n) is 6.31. The third-order valence-electron chi connectivity index (χ3n) is 8.70. The van der Waals surface area contributed by atoms with Crippen molar-refractivity contribution in [3.8, 4) is 17.1 Å². The number of nitrogens with two attached hydrogens (primary N) is 1. The summed E-state index contributed by atoms with van der Waals surface area (Å²) < 4.78 is 80.4. The van der Waals surface area contributed by atoms with Gasteiger partial charge in [-0.1, -0.05) is 0 Å². The third kappa shape index (κ3) is 4.55. The maximum Gasteiger partial charge on any atom is 0.417 e. The number of hydrogen-bond acceptors (Lipinski definition) is 9. The van der Waals surface area contributed by atoms with E-state index in [4.69, 9.17) is 15.5 Å². The van der Waals surface area contributed by atoms with E-state index in [-0.39, 0.29) is 34.8 Å². The van der Waals surface area contributed by atoms with Gasteiger partial charge in [-0.05, 0) is 53.0 Å². The van der Waals surface area contributed by atoms with Gasteiger partial charge in [0, 0.05) is 44.3 Å². The maximum absolute atomic E-state index is 16.6. The van der Waals surface area contributed by atoms with Crippen LogP contribution < -0.4 is 20.3 Å². The van der Waals surface area contributed by atoms with Crippen LogP contribution in [0.1, 0.15) is 24.5 Å². The molecule has 3 aromatic rings. The Labute approximate surface area is 240 Å². The molecule has 6 rings (SSSR count). The van der Waals surface area contributed by atoms with Gasteiger partial charge in [0.2, 0.25) is 11.8 Å².